The predicted molar refractivity (Wildman–Crippen MR) is 136 cm³/mol. The molecule has 1 N–H and O–H groups in total. The van der Waals surface area contributed by atoms with E-state index in [9.17, 15) is 24.6 Å². The van der Waals surface area contributed by atoms with Crippen LogP contribution in [-0.4, -0.2) is 17.9 Å². The molecule has 0 aliphatic carbocycles. The summed E-state index contributed by atoms with van der Waals surface area (Å²) in [6.45, 7) is 1.88. The number of hydrogen-bond acceptors (Lipinski definition) is 6. The number of carbonyl (C=O) groups excluding carboxylic acids is 1. The molecule has 3 aromatic rings. The highest BCUT2D eigenvalue weighted by Gasteiger charge is 2.19. The first kappa shape index (κ1) is 25.6. The van der Waals surface area contributed by atoms with Gasteiger partial charge in [0.25, 0.3) is 11.6 Å². The molecule has 0 heterocycles. The second-order valence-corrected chi connectivity index (χ2v) is 8.51. The number of nitriles is 1. The number of aryl methyl sites for hydroxylation is 1. The summed E-state index contributed by atoms with van der Waals surface area (Å²) in [6.07, 6.45) is 1.35. The fourth-order valence-corrected chi connectivity index (χ4v) is 3.88. The quantitative estimate of drug-likeness (QED) is 0.118. The van der Waals surface area contributed by atoms with Crippen molar-refractivity contribution >= 4 is 45.9 Å². The second-order valence-electron chi connectivity index (χ2n) is 7.35. The minimum Gasteiger partial charge on any atom is -0.493 e. The summed E-state index contributed by atoms with van der Waals surface area (Å²) in [5.74, 6) is -0.304. The molecule has 8 nitrogen and oxygen atoms in total. The molecule has 0 aromatic heterocycles. The van der Waals surface area contributed by atoms with Gasteiger partial charge in [-0.2, -0.15) is 5.26 Å². The van der Waals surface area contributed by atoms with Gasteiger partial charge in [0.2, 0.25) is 0 Å². The van der Waals surface area contributed by atoms with Crippen molar-refractivity contribution in [3.8, 4) is 17.6 Å². The highest BCUT2D eigenvalue weighted by Crippen LogP contribution is 2.35. The van der Waals surface area contributed by atoms with E-state index in [1.165, 1.54) is 37.5 Å². The number of anilines is 1. The van der Waals surface area contributed by atoms with Crippen LogP contribution in [0.3, 0.4) is 0 Å². The van der Waals surface area contributed by atoms with Gasteiger partial charge in [-0.15, -0.1) is 0 Å². The van der Waals surface area contributed by atoms with Gasteiger partial charge in [0.1, 0.15) is 29.8 Å². The molecule has 0 saturated carbocycles. The average Bonchev–Trinajstić information content (AvgIpc) is 2.83. The van der Waals surface area contributed by atoms with Crippen molar-refractivity contribution in [3.05, 3.63) is 96.4 Å². The first-order valence-electron chi connectivity index (χ1n) is 10.1. The summed E-state index contributed by atoms with van der Waals surface area (Å²) in [6, 6.07) is 15.4. The number of benzene rings is 3. The molecule has 0 radical (unpaired) electrons. The number of nitro groups is 1. The summed E-state index contributed by atoms with van der Waals surface area (Å²) in [4.78, 5) is 23.4. The molecular formula is C25H19FIN3O5. The first-order valence-corrected chi connectivity index (χ1v) is 11.2. The molecule has 3 rings (SSSR count). The number of nitrogens with zero attached hydrogens (tertiary/aromatic N) is 2. The van der Waals surface area contributed by atoms with Gasteiger partial charge in [0.05, 0.1) is 15.6 Å². The van der Waals surface area contributed by atoms with Gasteiger partial charge < -0.3 is 14.8 Å². The molecule has 0 aliphatic rings. The summed E-state index contributed by atoms with van der Waals surface area (Å²) < 4.78 is 25.0. The molecule has 0 saturated heterocycles. The number of nitro benzene ring substituents is 1. The summed E-state index contributed by atoms with van der Waals surface area (Å²) in [5.41, 5.74) is 1.39. The Bertz CT molecular complexity index is 1350. The lowest BCUT2D eigenvalue weighted by Gasteiger charge is -2.14. The lowest BCUT2D eigenvalue weighted by molar-refractivity contribution is -0.384. The maximum absolute atomic E-state index is 13.1. The van der Waals surface area contributed by atoms with E-state index in [1.54, 1.807) is 37.3 Å². The zero-order valence-electron chi connectivity index (χ0n) is 18.7. The van der Waals surface area contributed by atoms with Crippen molar-refractivity contribution in [1.82, 2.24) is 0 Å². The number of rotatable bonds is 8. The molecule has 3 aromatic carbocycles. The predicted octanol–water partition coefficient (Wildman–Crippen LogP) is 5.78. The van der Waals surface area contributed by atoms with E-state index in [-0.39, 0.29) is 29.4 Å². The van der Waals surface area contributed by atoms with E-state index in [0.29, 0.717) is 26.2 Å². The van der Waals surface area contributed by atoms with Crippen LogP contribution in [-0.2, 0) is 11.4 Å². The van der Waals surface area contributed by atoms with Gasteiger partial charge in [-0.25, -0.2) is 4.39 Å². The molecule has 0 bridgehead atoms. The Morgan fingerprint density at radius 2 is 1.94 bits per heavy atom. The number of amides is 1. The third-order valence-electron chi connectivity index (χ3n) is 4.82. The van der Waals surface area contributed by atoms with Crippen LogP contribution in [0.15, 0.2) is 60.2 Å². The number of nitrogens with one attached hydrogen (secondary N) is 1. The van der Waals surface area contributed by atoms with Crippen LogP contribution < -0.4 is 14.8 Å². The summed E-state index contributed by atoms with van der Waals surface area (Å²) in [7, 11) is 1.46. The third kappa shape index (κ3) is 6.54. The standard InChI is InChI=1S/C25H19FIN3O5/c1-15-3-8-21(22(9-15)30(32)33)29-25(31)18(13-28)10-17-11-20(27)24(23(12-17)34-2)35-14-16-4-6-19(26)7-5-16/h3-12H,14H2,1-2H3,(H,29,31)/b18-10+. The SMILES string of the molecule is COc1cc(/C=C(\C#N)C(=O)Nc2ccc(C)cc2[N+](=O)[O-])cc(I)c1OCc1ccc(F)cc1. The Hall–Kier alpha value is -3.98. The molecule has 178 valence electrons. The number of methoxy groups -OCH3 is 1. The van der Waals surface area contributed by atoms with E-state index in [2.05, 4.69) is 5.32 Å². The average molecular weight is 587 g/mol. The molecule has 35 heavy (non-hydrogen) atoms. The van der Waals surface area contributed by atoms with Crippen LogP contribution in [0.4, 0.5) is 15.8 Å². The van der Waals surface area contributed by atoms with Gasteiger partial charge in [0, 0.05) is 6.07 Å². The van der Waals surface area contributed by atoms with Gasteiger partial charge in [-0.3, -0.25) is 14.9 Å². The molecule has 10 heteroatoms. The van der Waals surface area contributed by atoms with Crippen molar-refractivity contribution < 1.29 is 23.6 Å². The van der Waals surface area contributed by atoms with Crippen molar-refractivity contribution in [2.75, 3.05) is 12.4 Å². The fraction of sp³-hybridized carbons (Fsp3) is 0.120. The zero-order valence-corrected chi connectivity index (χ0v) is 20.8. The molecule has 1 amide bonds. The van der Waals surface area contributed by atoms with Crippen LogP contribution in [0.1, 0.15) is 16.7 Å². The highest BCUT2D eigenvalue weighted by atomic mass is 127. The lowest BCUT2D eigenvalue weighted by atomic mass is 10.1. The molecule has 0 fully saturated rings. The molecule has 0 atom stereocenters. The third-order valence-corrected chi connectivity index (χ3v) is 5.62. The fourth-order valence-electron chi connectivity index (χ4n) is 3.10. The highest BCUT2D eigenvalue weighted by molar-refractivity contribution is 14.1. The largest absolute Gasteiger partial charge is 0.493 e. The van der Waals surface area contributed by atoms with Crippen molar-refractivity contribution in [1.29, 1.82) is 5.26 Å². The smallest absolute Gasteiger partial charge is 0.293 e. The molecule has 0 aliphatic heterocycles. The second kappa shape index (κ2) is 11.4. The molecule has 0 unspecified atom stereocenters. The maximum atomic E-state index is 13.1. The van der Waals surface area contributed by atoms with Crippen molar-refractivity contribution in [2.45, 2.75) is 13.5 Å². The van der Waals surface area contributed by atoms with E-state index in [4.69, 9.17) is 9.47 Å². The number of ether oxygens (including phenoxy) is 2. The molecule has 0 spiro atoms. The van der Waals surface area contributed by atoms with Crippen molar-refractivity contribution in [2.24, 2.45) is 0 Å². The van der Waals surface area contributed by atoms with Gasteiger partial charge in [0.15, 0.2) is 11.5 Å². The first-order chi connectivity index (χ1) is 16.7. The van der Waals surface area contributed by atoms with Crippen LogP contribution in [0, 0.1) is 37.8 Å². The minimum atomic E-state index is -0.787. The van der Waals surface area contributed by atoms with E-state index in [0.717, 1.165) is 5.56 Å². The van der Waals surface area contributed by atoms with Crippen LogP contribution >= 0.6 is 22.6 Å². The van der Waals surface area contributed by atoms with E-state index < -0.39 is 10.8 Å². The Morgan fingerprint density at radius 3 is 2.57 bits per heavy atom. The zero-order chi connectivity index (χ0) is 25.5. The number of hydrogen-bond donors (Lipinski definition) is 1. The normalized spacial score (nSPS) is 10.9. The maximum Gasteiger partial charge on any atom is 0.293 e. The minimum absolute atomic E-state index is 0.0107. The Labute approximate surface area is 214 Å². The summed E-state index contributed by atoms with van der Waals surface area (Å²) in [5, 5.41) is 23.3. The van der Waals surface area contributed by atoms with Crippen LogP contribution in [0.5, 0.6) is 11.5 Å². The Balaban J connectivity index is 1.84. The van der Waals surface area contributed by atoms with Crippen LogP contribution in [0.2, 0.25) is 0 Å². The number of carbonyl (C=O) groups is 1. The molecular weight excluding hydrogens is 568 g/mol. The van der Waals surface area contributed by atoms with Gasteiger partial charge in [-0.05, 0) is 82.6 Å². The van der Waals surface area contributed by atoms with Gasteiger partial charge >= 0.3 is 0 Å². The Kier molecular flexibility index (Phi) is 8.38. The topological polar surface area (TPSA) is 114 Å². The monoisotopic (exact) mass is 587 g/mol. The van der Waals surface area contributed by atoms with Crippen molar-refractivity contribution in [3.63, 3.8) is 0 Å². The number of halogens is 2. The lowest BCUT2D eigenvalue weighted by Crippen LogP contribution is -2.14. The summed E-state index contributed by atoms with van der Waals surface area (Å²) >= 11 is 2.04. The van der Waals surface area contributed by atoms with E-state index in [1.807, 2.05) is 28.7 Å². The van der Waals surface area contributed by atoms with Gasteiger partial charge in [-0.1, -0.05) is 18.2 Å². The van der Waals surface area contributed by atoms with Crippen LogP contribution in [0.25, 0.3) is 6.08 Å². The Morgan fingerprint density at radius 1 is 1.23 bits per heavy atom. The van der Waals surface area contributed by atoms with E-state index >= 15 is 0 Å².